The number of amides is 2. The van der Waals surface area contributed by atoms with E-state index in [4.69, 9.17) is 15.2 Å². The van der Waals surface area contributed by atoms with E-state index in [2.05, 4.69) is 5.32 Å². The maximum Gasteiger partial charge on any atom is 0.260 e. The molecule has 1 aliphatic rings. The summed E-state index contributed by atoms with van der Waals surface area (Å²) in [5, 5.41) is 2.86. The lowest BCUT2D eigenvalue weighted by Crippen LogP contribution is -2.45. The van der Waals surface area contributed by atoms with E-state index in [0.717, 1.165) is 12.8 Å². The van der Waals surface area contributed by atoms with Crippen LogP contribution in [0.3, 0.4) is 0 Å². The quantitative estimate of drug-likeness (QED) is 0.748. The third-order valence-electron chi connectivity index (χ3n) is 4.77. The number of hydrogen-bond donors (Lipinski definition) is 2. The number of para-hydroxylation sites is 1. The van der Waals surface area contributed by atoms with Gasteiger partial charge in [0.25, 0.3) is 5.91 Å². The van der Waals surface area contributed by atoms with Gasteiger partial charge < -0.3 is 25.4 Å². The molecule has 7 nitrogen and oxygen atoms in total. The highest BCUT2D eigenvalue weighted by Crippen LogP contribution is 2.26. The third-order valence-corrected chi connectivity index (χ3v) is 4.77. The van der Waals surface area contributed by atoms with Gasteiger partial charge in [0.2, 0.25) is 5.91 Å². The first-order valence-electron chi connectivity index (χ1n) is 9.27. The number of methoxy groups -OCH3 is 1. The van der Waals surface area contributed by atoms with E-state index in [1.807, 2.05) is 18.2 Å². The number of anilines is 2. The van der Waals surface area contributed by atoms with Crippen molar-refractivity contribution in [2.75, 3.05) is 37.9 Å². The molecule has 0 saturated carbocycles. The summed E-state index contributed by atoms with van der Waals surface area (Å²) < 4.78 is 10.7. The van der Waals surface area contributed by atoms with E-state index in [1.54, 1.807) is 42.3 Å². The lowest BCUT2D eigenvalue weighted by molar-refractivity contribution is -0.136. The van der Waals surface area contributed by atoms with Crippen molar-refractivity contribution < 1.29 is 19.1 Å². The van der Waals surface area contributed by atoms with E-state index < -0.39 is 0 Å². The van der Waals surface area contributed by atoms with Gasteiger partial charge in [0.15, 0.2) is 6.61 Å². The average Bonchev–Trinajstić information content (AvgIpc) is 2.74. The monoisotopic (exact) mass is 383 g/mol. The third kappa shape index (κ3) is 4.94. The van der Waals surface area contributed by atoms with Crippen molar-refractivity contribution in [1.82, 2.24) is 4.90 Å². The molecule has 1 aliphatic heterocycles. The second kappa shape index (κ2) is 9.12. The van der Waals surface area contributed by atoms with E-state index in [1.165, 1.54) is 0 Å². The minimum atomic E-state index is -0.292. The number of nitrogens with two attached hydrogens (primary N) is 1. The number of nitrogens with one attached hydrogen (secondary N) is 1. The first kappa shape index (κ1) is 19.5. The van der Waals surface area contributed by atoms with Gasteiger partial charge in [-0.3, -0.25) is 9.59 Å². The summed E-state index contributed by atoms with van der Waals surface area (Å²) in [7, 11) is 1.55. The number of carbonyl (C=O) groups is 2. The fraction of sp³-hybridized carbons (Fsp3) is 0.333. The first-order chi connectivity index (χ1) is 13.6. The Hall–Kier alpha value is -3.22. The maximum absolute atomic E-state index is 12.7. The molecule has 0 bridgehead atoms. The normalized spacial score (nSPS) is 16.3. The van der Waals surface area contributed by atoms with Crippen molar-refractivity contribution >= 4 is 23.2 Å². The highest BCUT2D eigenvalue weighted by atomic mass is 16.5. The van der Waals surface area contributed by atoms with Gasteiger partial charge in [0, 0.05) is 19.2 Å². The molecule has 2 aromatic carbocycles. The molecule has 148 valence electrons. The Morgan fingerprint density at radius 3 is 2.71 bits per heavy atom. The Morgan fingerprint density at radius 2 is 1.96 bits per heavy atom. The number of piperidine rings is 1. The molecular formula is C21H25N3O4. The highest BCUT2D eigenvalue weighted by molar-refractivity contribution is 5.96. The fourth-order valence-electron chi connectivity index (χ4n) is 3.18. The van der Waals surface area contributed by atoms with Gasteiger partial charge in [-0.1, -0.05) is 18.2 Å². The summed E-state index contributed by atoms with van der Waals surface area (Å²) in [6.45, 7) is 0.954. The predicted octanol–water partition coefficient (Wildman–Crippen LogP) is 2.53. The van der Waals surface area contributed by atoms with Gasteiger partial charge in [0.05, 0.1) is 24.4 Å². The Balaban J connectivity index is 1.56. The van der Waals surface area contributed by atoms with Gasteiger partial charge in [-0.05, 0) is 37.1 Å². The number of ether oxygens (including phenoxy) is 2. The molecular weight excluding hydrogens is 358 g/mol. The molecule has 28 heavy (non-hydrogen) atoms. The summed E-state index contributed by atoms with van der Waals surface area (Å²) >= 11 is 0. The van der Waals surface area contributed by atoms with E-state index >= 15 is 0 Å². The van der Waals surface area contributed by atoms with Crippen LogP contribution >= 0.6 is 0 Å². The molecule has 1 fully saturated rings. The molecule has 1 saturated heterocycles. The standard InChI is InChI=1S/C21H25N3O4/c1-27-17-9-10-18(22)19(12-17)23-21(26)15-6-5-11-24(13-15)20(25)14-28-16-7-3-2-4-8-16/h2-4,7-10,12,15H,5-6,11,13-14,22H2,1H3,(H,23,26). The van der Waals surface area contributed by atoms with Crippen LogP contribution in [-0.2, 0) is 9.59 Å². The van der Waals surface area contributed by atoms with Crippen LogP contribution in [-0.4, -0.2) is 43.5 Å². The second-order valence-corrected chi connectivity index (χ2v) is 6.72. The SMILES string of the molecule is COc1ccc(N)c(NC(=O)C2CCCN(C(=O)COc3ccccc3)C2)c1. The molecule has 0 aliphatic carbocycles. The van der Waals surface area contributed by atoms with E-state index in [0.29, 0.717) is 36.0 Å². The minimum Gasteiger partial charge on any atom is -0.497 e. The zero-order valence-corrected chi connectivity index (χ0v) is 15.9. The van der Waals surface area contributed by atoms with Crippen molar-refractivity contribution in [3.63, 3.8) is 0 Å². The van der Waals surface area contributed by atoms with Gasteiger partial charge in [-0.15, -0.1) is 0 Å². The van der Waals surface area contributed by atoms with Crippen LogP contribution in [0.1, 0.15) is 12.8 Å². The molecule has 0 aromatic heterocycles. The minimum absolute atomic E-state index is 0.0405. The molecule has 1 unspecified atom stereocenters. The largest absolute Gasteiger partial charge is 0.497 e. The van der Waals surface area contributed by atoms with Crippen molar-refractivity contribution in [2.24, 2.45) is 5.92 Å². The molecule has 3 rings (SSSR count). The van der Waals surface area contributed by atoms with Crippen LogP contribution < -0.4 is 20.5 Å². The molecule has 3 N–H and O–H groups in total. The smallest absolute Gasteiger partial charge is 0.260 e. The van der Waals surface area contributed by atoms with Gasteiger partial charge in [0.1, 0.15) is 11.5 Å². The van der Waals surface area contributed by atoms with Crippen molar-refractivity contribution in [3.05, 3.63) is 48.5 Å². The Labute approximate surface area is 164 Å². The Kier molecular flexibility index (Phi) is 6.37. The zero-order chi connectivity index (χ0) is 19.9. The number of nitrogen functional groups attached to an aromatic ring is 1. The number of hydrogen-bond acceptors (Lipinski definition) is 5. The van der Waals surface area contributed by atoms with Crippen LogP contribution in [0.2, 0.25) is 0 Å². The molecule has 1 atom stereocenters. The molecule has 7 heteroatoms. The zero-order valence-electron chi connectivity index (χ0n) is 15.9. The highest BCUT2D eigenvalue weighted by Gasteiger charge is 2.29. The molecule has 2 amide bonds. The lowest BCUT2D eigenvalue weighted by atomic mass is 9.97. The van der Waals surface area contributed by atoms with Crippen molar-refractivity contribution in [1.29, 1.82) is 0 Å². The number of nitrogens with zero attached hydrogens (tertiary/aromatic N) is 1. The van der Waals surface area contributed by atoms with E-state index in [9.17, 15) is 9.59 Å². The topological polar surface area (TPSA) is 93.9 Å². The number of carbonyl (C=O) groups excluding carboxylic acids is 2. The van der Waals surface area contributed by atoms with E-state index in [-0.39, 0.29) is 24.3 Å². The number of rotatable bonds is 6. The number of benzene rings is 2. The second-order valence-electron chi connectivity index (χ2n) is 6.72. The molecule has 2 aromatic rings. The Bertz CT molecular complexity index is 826. The first-order valence-corrected chi connectivity index (χ1v) is 9.27. The maximum atomic E-state index is 12.7. The van der Waals surface area contributed by atoms with Crippen LogP contribution in [0.15, 0.2) is 48.5 Å². The lowest BCUT2D eigenvalue weighted by Gasteiger charge is -2.32. The predicted molar refractivity (Wildman–Crippen MR) is 107 cm³/mol. The van der Waals surface area contributed by atoms with Crippen LogP contribution in [0.4, 0.5) is 11.4 Å². The Morgan fingerprint density at radius 1 is 1.18 bits per heavy atom. The summed E-state index contributed by atoms with van der Waals surface area (Å²) in [5.41, 5.74) is 6.92. The summed E-state index contributed by atoms with van der Waals surface area (Å²) in [6.07, 6.45) is 1.49. The summed E-state index contributed by atoms with van der Waals surface area (Å²) in [4.78, 5) is 26.8. The molecule has 0 spiro atoms. The van der Waals surface area contributed by atoms with Gasteiger partial charge in [-0.25, -0.2) is 0 Å². The summed E-state index contributed by atoms with van der Waals surface area (Å²) in [6, 6.07) is 14.3. The fourth-order valence-corrected chi connectivity index (χ4v) is 3.18. The number of likely N-dealkylation sites (tertiary alicyclic amines) is 1. The molecule has 0 radical (unpaired) electrons. The van der Waals surface area contributed by atoms with Gasteiger partial charge in [-0.2, -0.15) is 0 Å². The van der Waals surface area contributed by atoms with Crippen LogP contribution in [0.5, 0.6) is 11.5 Å². The van der Waals surface area contributed by atoms with Crippen LogP contribution in [0.25, 0.3) is 0 Å². The van der Waals surface area contributed by atoms with Gasteiger partial charge >= 0.3 is 0 Å². The van der Waals surface area contributed by atoms with Crippen LogP contribution in [0, 0.1) is 5.92 Å². The van der Waals surface area contributed by atoms with Crippen molar-refractivity contribution in [3.8, 4) is 11.5 Å². The average molecular weight is 383 g/mol. The molecule has 1 heterocycles. The summed E-state index contributed by atoms with van der Waals surface area (Å²) in [5.74, 6) is 0.697. The van der Waals surface area contributed by atoms with Crippen molar-refractivity contribution in [2.45, 2.75) is 12.8 Å².